The summed E-state index contributed by atoms with van der Waals surface area (Å²) in [5.41, 5.74) is 0. The molecule has 0 aliphatic carbocycles. The first-order valence-electron chi connectivity index (χ1n) is 4.69. The number of rotatable bonds is 8. The Morgan fingerprint density at radius 2 is 2.08 bits per heavy atom. The summed E-state index contributed by atoms with van der Waals surface area (Å²) in [7, 11) is 1.57. The van der Waals surface area contributed by atoms with E-state index in [2.05, 4.69) is 12.2 Å². The Balaban J connectivity index is 3.23. The summed E-state index contributed by atoms with van der Waals surface area (Å²) in [5.74, 6) is 0.444. The lowest BCUT2D eigenvalue weighted by atomic mass is 10.1. The van der Waals surface area contributed by atoms with E-state index < -0.39 is 6.10 Å². The molecular weight excluding hydrogens is 170 g/mol. The first-order chi connectivity index (χ1) is 6.20. The van der Waals surface area contributed by atoms with Gasteiger partial charge in [0.2, 0.25) is 0 Å². The van der Waals surface area contributed by atoms with Gasteiger partial charge in [0.25, 0.3) is 0 Å². The fourth-order valence-electron chi connectivity index (χ4n) is 1.07. The van der Waals surface area contributed by atoms with Gasteiger partial charge in [0.15, 0.2) is 0 Å². The normalized spacial score (nSPS) is 15.7. The first-order valence-corrected chi connectivity index (χ1v) is 4.69. The lowest BCUT2D eigenvalue weighted by Crippen LogP contribution is -2.32. The molecule has 4 heteroatoms. The van der Waals surface area contributed by atoms with E-state index in [1.807, 2.05) is 0 Å². The van der Waals surface area contributed by atoms with E-state index in [-0.39, 0.29) is 6.61 Å². The zero-order chi connectivity index (χ0) is 10.1. The van der Waals surface area contributed by atoms with Crippen molar-refractivity contribution in [3.8, 4) is 0 Å². The Kier molecular flexibility index (Phi) is 8.33. The summed E-state index contributed by atoms with van der Waals surface area (Å²) >= 11 is 0. The van der Waals surface area contributed by atoms with Gasteiger partial charge in [0.1, 0.15) is 0 Å². The standard InChI is InChI=1S/C9H21NO3/c1-8(3-4-11)5-10-6-9(12)7-13-2/h8-12H,3-7H2,1-2H3. The van der Waals surface area contributed by atoms with Crippen LogP contribution in [0.15, 0.2) is 0 Å². The van der Waals surface area contributed by atoms with Crippen LogP contribution in [0.4, 0.5) is 0 Å². The predicted molar refractivity (Wildman–Crippen MR) is 51.6 cm³/mol. The third-order valence-corrected chi connectivity index (χ3v) is 1.85. The molecule has 0 aromatic heterocycles. The molecular formula is C9H21NO3. The van der Waals surface area contributed by atoms with Gasteiger partial charge in [-0.25, -0.2) is 0 Å². The van der Waals surface area contributed by atoms with Crippen molar-refractivity contribution in [3.63, 3.8) is 0 Å². The summed E-state index contributed by atoms with van der Waals surface area (Å²) in [4.78, 5) is 0. The molecule has 0 saturated heterocycles. The molecule has 0 bridgehead atoms. The fraction of sp³-hybridized carbons (Fsp3) is 1.00. The van der Waals surface area contributed by atoms with Crippen LogP contribution in [-0.2, 0) is 4.74 Å². The summed E-state index contributed by atoms with van der Waals surface area (Å²) < 4.78 is 4.78. The lowest BCUT2D eigenvalue weighted by molar-refractivity contribution is 0.0639. The Morgan fingerprint density at radius 1 is 1.38 bits per heavy atom. The number of aliphatic hydroxyl groups excluding tert-OH is 2. The Labute approximate surface area is 79.9 Å². The van der Waals surface area contributed by atoms with Crippen LogP contribution in [0.5, 0.6) is 0 Å². The highest BCUT2D eigenvalue weighted by Gasteiger charge is 2.04. The summed E-state index contributed by atoms with van der Waals surface area (Å²) in [6, 6.07) is 0. The molecule has 0 aromatic carbocycles. The highest BCUT2D eigenvalue weighted by molar-refractivity contribution is 4.61. The number of nitrogens with one attached hydrogen (secondary N) is 1. The van der Waals surface area contributed by atoms with Crippen LogP contribution in [0.3, 0.4) is 0 Å². The summed E-state index contributed by atoms with van der Waals surface area (Å²) in [5, 5.41) is 21.0. The number of methoxy groups -OCH3 is 1. The molecule has 0 amide bonds. The predicted octanol–water partition coefficient (Wildman–Crippen LogP) is -0.398. The van der Waals surface area contributed by atoms with Gasteiger partial charge in [-0.1, -0.05) is 6.92 Å². The maximum absolute atomic E-state index is 9.26. The van der Waals surface area contributed by atoms with Gasteiger partial charge in [0, 0.05) is 20.3 Å². The van der Waals surface area contributed by atoms with Gasteiger partial charge in [-0.05, 0) is 18.9 Å². The number of hydrogen-bond acceptors (Lipinski definition) is 4. The third kappa shape index (κ3) is 8.18. The van der Waals surface area contributed by atoms with E-state index in [0.717, 1.165) is 13.0 Å². The average Bonchev–Trinajstić information content (AvgIpc) is 2.05. The Morgan fingerprint density at radius 3 is 2.62 bits per heavy atom. The van der Waals surface area contributed by atoms with E-state index in [4.69, 9.17) is 9.84 Å². The monoisotopic (exact) mass is 191 g/mol. The lowest BCUT2D eigenvalue weighted by Gasteiger charge is -2.13. The molecule has 0 radical (unpaired) electrons. The molecule has 2 unspecified atom stereocenters. The highest BCUT2D eigenvalue weighted by Crippen LogP contribution is 1.97. The zero-order valence-electron chi connectivity index (χ0n) is 8.49. The van der Waals surface area contributed by atoms with E-state index in [9.17, 15) is 5.11 Å². The van der Waals surface area contributed by atoms with E-state index in [1.165, 1.54) is 0 Å². The van der Waals surface area contributed by atoms with Crippen LogP contribution in [-0.4, -0.2) is 49.7 Å². The molecule has 3 N–H and O–H groups in total. The molecule has 0 aromatic rings. The van der Waals surface area contributed by atoms with Crippen LogP contribution < -0.4 is 5.32 Å². The van der Waals surface area contributed by atoms with Crippen molar-refractivity contribution in [1.82, 2.24) is 5.32 Å². The fourth-order valence-corrected chi connectivity index (χ4v) is 1.07. The maximum Gasteiger partial charge on any atom is 0.0897 e. The van der Waals surface area contributed by atoms with Crippen LogP contribution in [0.2, 0.25) is 0 Å². The van der Waals surface area contributed by atoms with Crippen molar-refractivity contribution in [1.29, 1.82) is 0 Å². The second kappa shape index (κ2) is 8.44. The van der Waals surface area contributed by atoms with Crippen LogP contribution >= 0.6 is 0 Å². The van der Waals surface area contributed by atoms with Gasteiger partial charge in [-0.15, -0.1) is 0 Å². The Bertz CT molecular complexity index is 99.0. The van der Waals surface area contributed by atoms with Gasteiger partial charge in [0.05, 0.1) is 12.7 Å². The van der Waals surface area contributed by atoms with Crippen molar-refractivity contribution in [2.45, 2.75) is 19.4 Å². The molecule has 0 aliphatic rings. The van der Waals surface area contributed by atoms with E-state index in [0.29, 0.717) is 19.1 Å². The molecule has 0 spiro atoms. The van der Waals surface area contributed by atoms with E-state index >= 15 is 0 Å². The maximum atomic E-state index is 9.26. The minimum Gasteiger partial charge on any atom is -0.396 e. The number of hydrogen-bond donors (Lipinski definition) is 3. The van der Waals surface area contributed by atoms with Crippen molar-refractivity contribution in [3.05, 3.63) is 0 Å². The van der Waals surface area contributed by atoms with Crippen LogP contribution in [0, 0.1) is 5.92 Å². The highest BCUT2D eigenvalue weighted by atomic mass is 16.5. The Hall–Kier alpha value is -0.160. The van der Waals surface area contributed by atoms with E-state index in [1.54, 1.807) is 7.11 Å². The SMILES string of the molecule is COCC(O)CNCC(C)CCO. The van der Waals surface area contributed by atoms with Crippen molar-refractivity contribution in [2.24, 2.45) is 5.92 Å². The van der Waals surface area contributed by atoms with Gasteiger partial charge >= 0.3 is 0 Å². The topological polar surface area (TPSA) is 61.7 Å². The van der Waals surface area contributed by atoms with Gasteiger partial charge in [-0.3, -0.25) is 0 Å². The second-order valence-corrected chi connectivity index (χ2v) is 3.38. The molecule has 0 aliphatic heterocycles. The molecule has 0 fully saturated rings. The smallest absolute Gasteiger partial charge is 0.0897 e. The third-order valence-electron chi connectivity index (χ3n) is 1.85. The zero-order valence-corrected chi connectivity index (χ0v) is 8.49. The molecule has 4 nitrogen and oxygen atoms in total. The molecule has 13 heavy (non-hydrogen) atoms. The van der Waals surface area contributed by atoms with Crippen LogP contribution in [0.1, 0.15) is 13.3 Å². The minimum atomic E-state index is -0.439. The average molecular weight is 191 g/mol. The van der Waals surface area contributed by atoms with Gasteiger partial charge < -0.3 is 20.3 Å². The molecule has 0 heterocycles. The van der Waals surface area contributed by atoms with Crippen molar-refractivity contribution < 1.29 is 14.9 Å². The molecule has 80 valence electrons. The summed E-state index contributed by atoms with van der Waals surface area (Å²) in [6.45, 7) is 4.02. The second-order valence-electron chi connectivity index (χ2n) is 3.38. The first kappa shape index (κ1) is 12.8. The molecule has 2 atom stereocenters. The van der Waals surface area contributed by atoms with Crippen LogP contribution in [0.25, 0.3) is 0 Å². The summed E-state index contributed by atoms with van der Waals surface area (Å²) in [6.07, 6.45) is 0.360. The van der Waals surface area contributed by atoms with Gasteiger partial charge in [-0.2, -0.15) is 0 Å². The number of aliphatic hydroxyl groups is 2. The number of ether oxygens (including phenoxy) is 1. The minimum absolute atomic E-state index is 0.226. The van der Waals surface area contributed by atoms with Crippen molar-refractivity contribution >= 4 is 0 Å². The molecule has 0 rings (SSSR count). The largest absolute Gasteiger partial charge is 0.396 e. The quantitative estimate of drug-likeness (QED) is 0.488. The van der Waals surface area contributed by atoms with Crippen molar-refractivity contribution in [2.75, 3.05) is 33.4 Å². The molecule has 0 saturated carbocycles.